The smallest absolute Gasteiger partial charge is 0.221 e. The highest BCUT2D eigenvalue weighted by Gasteiger charge is 2.12. The van der Waals surface area contributed by atoms with E-state index in [1.165, 1.54) is 18.2 Å². The molecule has 16 heavy (non-hydrogen) atoms. The lowest BCUT2D eigenvalue weighted by atomic mass is 10.1. The molecule has 2 N–H and O–H groups in total. The first kappa shape index (κ1) is 10.8. The Morgan fingerprint density at radius 1 is 1.19 bits per heavy atom. The van der Waals surface area contributed by atoms with Crippen LogP contribution in [-0.2, 0) is 0 Å². The van der Waals surface area contributed by atoms with Crippen molar-refractivity contribution in [1.82, 2.24) is 9.97 Å². The molecule has 1 aromatic carbocycles. The SMILES string of the molecule is Nc1nc(Cl)cc(-c2cccc(F)c2F)n1. The van der Waals surface area contributed by atoms with Gasteiger partial charge in [-0.1, -0.05) is 17.7 Å². The molecule has 0 fully saturated rings. The van der Waals surface area contributed by atoms with E-state index in [-0.39, 0.29) is 22.4 Å². The maximum absolute atomic E-state index is 13.4. The Bertz CT molecular complexity index is 525. The minimum Gasteiger partial charge on any atom is -0.368 e. The number of benzene rings is 1. The van der Waals surface area contributed by atoms with E-state index < -0.39 is 11.6 Å². The molecule has 6 heteroatoms. The van der Waals surface area contributed by atoms with Gasteiger partial charge in [-0.05, 0) is 12.1 Å². The Morgan fingerprint density at radius 3 is 2.62 bits per heavy atom. The molecule has 0 spiro atoms. The second kappa shape index (κ2) is 4.02. The molecule has 0 saturated carbocycles. The van der Waals surface area contributed by atoms with Crippen molar-refractivity contribution in [1.29, 1.82) is 0 Å². The summed E-state index contributed by atoms with van der Waals surface area (Å²) in [5.74, 6) is -2.03. The first-order valence-electron chi connectivity index (χ1n) is 4.32. The van der Waals surface area contributed by atoms with E-state index in [4.69, 9.17) is 17.3 Å². The van der Waals surface area contributed by atoms with E-state index in [0.29, 0.717) is 0 Å². The van der Waals surface area contributed by atoms with Crippen molar-refractivity contribution in [2.45, 2.75) is 0 Å². The van der Waals surface area contributed by atoms with Crippen molar-refractivity contribution in [3.05, 3.63) is 41.1 Å². The topological polar surface area (TPSA) is 51.8 Å². The van der Waals surface area contributed by atoms with Crippen LogP contribution in [0.4, 0.5) is 14.7 Å². The van der Waals surface area contributed by atoms with Crippen LogP contribution in [0.25, 0.3) is 11.3 Å². The van der Waals surface area contributed by atoms with E-state index in [2.05, 4.69) is 9.97 Å². The predicted molar refractivity (Wildman–Crippen MR) is 56.8 cm³/mol. The van der Waals surface area contributed by atoms with Gasteiger partial charge in [0, 0.05) is 11.6 Å². The zero-order valence-electron chi connectivity index (χ0n) is 7.92. The molecule has 0 aliphatic carbocycles. The third-order valence-electron chi connectivity index (χ3n) is 1.94. The Hall–Kier alpha value is -1.75. The van der Waals surface area contributed by atoms with E-state index in [1.807, 2.05) is 0 Å². The number of nitrogen functional groups attached to an aromatic ring is 1. The normalized spacial score (nSPS) is 10.4. The van der Waals surface area contributed by atoms with Crippen molar-refractivity contribution < 1.29 is 8.78 Å². The largest absolute Gasteiger partial charge is 0.368 e. The number of aromatic nitrogens is 2. The monoisotopic (exact) mass is 241 g/mol. The summed E-state index contributed by atoms with van der Waals surface area (Å²) in [5, 5.41) is 0.0751. The Labute approximate surface area is 94.9 Å². The number of anilines is 1. The van der Waals surface area contributed by atoms with Gasteiger partial charge in [-0.25, -0.2) is 18.7 Å². The standard InChI is InChI=1S/C10H6ClF2N3/c11-8-4-7(15-10(14)16-8)5-2-1-3-6(12)9(5)13/h1-4H,(H2,14,15,16). The second-order valence-electron chi connectivity index (χ2n) is 3.04. The van der Waals surface area contributed by atoms with Crippen LogP contribution in [0, 0.1) is 11.6 Å². The average Bonchev–Trinajstić information content (AvgIpc) is 2.20. The van der Waals surface area contributed by atoms with E-state index in [9.17, 15) is 8.78 Å². The van der Waals surface area contributed by atoms with E-state index >= 15 is 0 Å². The van der Waals surface area contributed by atoms with Crippen molar-refractivity contribution in [3.63, 3.8) is 0 Å². The van der Waals surface area contributed by atoms with Crippen molar-refractivity contribution in [2.24, 2.45) is 0 Å². The Balaban J connectivity index is 2.63. The Morgan fingerprint density at radius 2 is 1.94 bits per heavy atom. The molecule has 0 amide bonds. The molecule has 0 aliphatic rings. The maximum Gasteiger partial charge on any atom is 0.221 e. The van der Waals surface area contributed by atoms with Crippen molar-refractivity contribution in [2.75, 3.05) is 5.73 Å². The Kier molecular flexibility index (Phi) is 2.70. The van der Waals surface area contributed by atoms with Crippen LogP contribution < -0.4 is 5.73 Å². The molecule has 1 heterocycles. The molecular formula is C10H6ClF2N3. The van der Waals surface area contributed by atoms with Crippen LogP contribution in [0.15, 0.2) is 24.3 Å². The van der Waals surface area contributed by atoms with Crippen molar-refractivity contribution >= 4 is 17.5 Å². The molecule has 0 aliphatic heterocycles. The highest BCUT2D eigenvalue weighted by molar-refractivity contribution is 6.29. The van der Waals surface area contributed by atoms with Gasteiger partial charge < -0.3 is 5.73 Å². The van der Waals surface area contributed by atoms with Gasteiger partial charge in [-0.3, -0.25) is 0 Å². The van der Waals surface area contributed by atoms with Crippen LogP contribution >= 0.6 is 11.6 Å². The lowest BCUT2D eigenvalue weighted by Crippen LogP contribution is -1.98. The van der Waals surface area contributed by atoms with E-state index in [0.717, 1.165) is 6.07 Å². The molecule has 0 bridgehead atoms. The fraction of sp³-hybridized carbons (Fsp3) is 0. The highest BCUT2D eigenvalue weighted by Crippen LogP contribution is 2.24. The van der Waals surface area contributed by atoms with Crippen LogP contribution in [0.1, 0.15) is 0 Å². The van der Waals surface area contributed by atoms with Crippen LogP contribution in [0.3, 0.4) is 0 Å². The quantitative estimate of drug-likeness (QED) is 0.781. The summed E-state index contributed by atoms with van der Waals surface area (Å²) in [6.07, 6.45) is 0. The molecular weight excluding hydrogens is 236 g/mol. The fourth-order valence-electron chi connectivity index (χ4n) is 1.27. The number of nitrogens with two attached hydrogens (primary N) is 1. The number of hydrogen-bond acceptors (Lipinski definition) is 3. The van der Waals surface area contributed by atoms with Crippen molar-refractivity contribution in [3.8, 4) is 11.3 Å². The van der Waals surface area contributed by atoms with Gasteiger partial charge in [-0.15, -0.1) is 0 Å². The zero-order valence-corrected chi connectivity index (χ0v) is 8.67. The summed E-state index contributed by atoms with van der Waals surface area (Å²) in [5.41, 5.74) is 5.51. The minimum absolute atomic E-state index is 0.00370. The van der Waals surface area contributed by atoms with Gasteiger partial charge in [0.25, 0.3) is 0 Å². The zero-order chi connectivity index (χ0) is 11.7. The van der Waals surface area contributed by atoms with Crippen LogP contribution in [0.5, 0.6) is 0 Å². The number of halogens is 3. The molecule has 82 valence electrons. The van der Waals surface area contributed by atoms with Crippen LogP contribution in [-0.4, -0.2) is 9.97 Å². The predicted octanol–water partition coefficient (Wildman–Crippen LogP) is 2.66. The molecule has 1 aromatic heterocycles. The van der Waals surface area contributed by atoms with Gasteiger partial charge in [0.1, 0.15) is 5.15 Å². The molecule has 2 aromatic rings. The third kappa shape index (κ3) is 1.94. The van der Waals surface area contributed by atoms with Gasteiger partial charge in [0.15, 0.2) is 11.6 Å². The minimum atomic E-state index is -0.989. The summed E-state index contributed by atoms with van der Waals surface area (Å²) in [6, 6.07) is 5.09. The molecule has 2 rings (SSSR count). The van der Waals surface area contributed by atoms with E-state index in [1.54, 1.807) is 0 Å². The summed E-state index contributed by atoms with van der Waals surface area (Å²) >= 11 is 5.64. The number of nitrogens with zero attached hydrogens (tertiary/aromatic N) is 2. The summed E-state index contributed by atoms with van der Waals surface area (Å²) in [6.45, 7) is 0. The summed E-state index contributed by atoms with van der Waals surface area (Å²) in [7, 11) is 0. The molecule has 0 radical (unpaired) electrons. The molecule has 0 saturated heterocycles. The van der Waals surface area contributed by atoms with Gasteiger partial charge in [0.2, 0.25) is 5.95 Å². The maximum atomic E-state index is 13.4. The average molecular weight is 242 g/mol. The molecule has 3 nitrogen and oxygen atoms in total. The summed E-state index contributed by atoms with van der Waals surface area (Å²) in [4.78, 5) is 7.41. The lowest BCUT2D eigenvalue weighted by Gasteiger charge is -2.04. The van der Waals surface area contributed by atoms with Crippen LogP contribution in [0.2, 0.25) is 5.15 Å². The number of rotatable bonds is 1. The van der Waals surface area contributed by atoms with Gasteiger partial charge >= 0.3 is 0 Å². The second-order valence-corrected chi connectivity index (χ2v) is 3.42. The highest BCUT2D eigenvalue weighted by atomic mass is 35.5. The van der Waals surface area contributed by atoms with Gasteiger partial charge in [0.05, 0.1) is 5.69 Å². The first-order valence-corrected chi connectivity index (χ1v) is 4.70. The fourth-order valence-corrected chi connectivity index (χ4v) is 1.46. The van der Waals surface area contributed by atoms with Gasteiger partial charge in [-0.2, -0.15) is 0 Å². The lowest BCUT2D eigenvalue weighted by molar-refractivity contribution is 0.511. The third-order valence-corrected chi connectivity index (χ3v) is 2.13. The number of hydrogen-bond donors (Lipinski definition) is 1. The first-order chi connectivity index (χ1) is 7.58. The summed E-state index contributed by atoms with van der Waals surface area (Å²) < 4.78 is 26.4. The molecule has 0 atom stereocenters. The molecule has 0 unspecified atom stereocenters.